The number of fused-ring (bicyclic) bond motifs is 1. The Hall–Kier alpha value is -2.70. The summed E-state index contributed by atoms with van der Waals surface area (Å²) in [5.41, 5.74) is 9.56. The number of nitrogens with one attached hydrogen (secondary N) is 1. The molecule has 3 aliphatic rings. The van der Waals surface area contributed by atoms with Crippen molar-refractivity contribution >= 4 is 23.1 Å². The van der Waals surface area contributed by atoms with E-state index in [-0.39, 0.29) is 5.91 Å². The predicted octanol–water partition coefficient (Wildman–Crippen LogP) is 1.88. The van der Waals surface area contributed by atoms with Crippen molar-refractivity contribution in [1.29, 1.82) is 0 Å². The fourth-order valence-electron chi connectivity index (χ4n) is 3.89. The van der Waals surface area contributed by atoms with Crippen LogP contribution in [-0.4, -0.2) is 47.6 Å². The zero-order valence-electron chi connectivity index (χ0n) is 15.1. The summed E-state index contributed by atoms with van der Waals surface area (Å²) in [5.74, 6) is 0.549. The number of anilines is 3. The van der Waals surface area contributed by atoms with E-state index in [0.29, 0.717) is 23.5 Å². The summed E-state index contributed by atoms with van der Waals surface area (Å²) >= 11 is 0. The molecule has 2 fully saturated rings. The van der Waals surface area contributed by atoms with Crippen molar-refractivity contribution < 1.29 is 9.53 Å². The fraction of sp³-hybridized carbons (Fsp3) is 0.474. The van der Waals surface area contributed by atoms with Crippen LogP contribution in [0.15, 0.2) is 30.7 Å². The maximum absolute atomic E-state index is 11.8. The molecule has 0 aromatic carbocycles. The molecule has 3 N–H and O–H groups in total. The van der Waals surface area contributed by atoms with Crippen molar-refractivity contribution in [3.05, 3.63) is 36.4 Å². The number of ether oxygens (including phenoxy) is 1. The molecule has 1 amide bonds. The van der Waals surface area contributed by atoms with E-state index in [1.807, 2.05) is 19.3 Å². The molecule has 0 aliphatic carbocycles. The van der Waals surface area contributed by atoms with Crippen LogP contribution in [0.3, 0.4) is 0 Å². The number of carbonyl (C=O) groups excluding carboxylic acids is 1. The van der Waals surface area contributed by atoms with E-state index in [4.69, 9.17) is 15.5 Å². The van der Waals surface area contributed by atoms with Gasteiger partial charge in [0.25, 0.3) is 0 Å². The number of nitrogens with zero attached hydrogens (tertiary/aromatic N) is 3. The Morgan fingerprint density at radius 3 is 2.81 bits per heavy atom. The van der Waals surface area contributed by atoms with E-state index in [0.717, 1.165) is 50.4 Å². The summed E-state index contributed by atoms with van der Waals surface area (Å²) in [7, 11) is 0. The van der Waals surface area contributed by atoms with Gasteiger partial charge in [-0.1, -0.05) is 13.5 Å². The highest BCUT2D eigenvalue weighted by molar-refractivity contribution is 6.01. The number of amides is 1. The van der Waals surface area contributed by atoms with Gasteiger partial charge in [0.05, 0.1) is 29.3 Å². The Morgan fingerprint density at radius 2 is 2.27 bits per heavy atom. The SMILES string of the molecule is C=CC(=O)Nc1cc(N)c(CC)nc1N1CCC(N2C[C@H]3OC=C32)CC1. The highest BCUT2D eigenvalue weighted by atomic mass is 16.5. The number of aryl methyl sites for hydroxylation is 1. The number of hydrogen-bond donors (Lipinski definition) is 2. The van der Waals surface area contributed by atoms with E-state index in [9.17, 15) is 4.79 Å². The first-order valence-electron chi connectivity index (χ1n) is 9.20. The fourth-order valence-corrected chi connectivity index (χ4v) is 3.89. The van der Waals surface area contributed by atoms with E-state index in [1.165, 1.54) is 11.8 Å². The Bertz CT molecular complexity index is 767. The van der Waals surface area contributed by atoms with Gasteiger partial charge < -0.3 is 25.6 Å². The molecule has 138 valence electrons. The molecule has 1 atom stereocenters. The molecule has 0 unspecified atom stereocenters. The van der Waals surface area contributed by atoms with Gasteiger partial charge in [-0.3, -0.25) is 4.79 Å². The number of likely N-dealkylation sites (tertiary alicyclic amines) is 1. The molecule has 0 radical (unpaired) electrons. The Kier molecular flexibility index (Phi) is 4.22. The van der Waals surface area contributed by atoms with Crippen LogP contribution >= 0.6 is 0 Å². The van der Waals surface area contributed by atoms with E-state index in [1.54, 1.807) is 0 Å². The molecule has 7 nitrogen and oxygen atoms in total. The number of nitrogens with two attached hydrogens (primary N) is 1. The van der Waals surface area contributed by atoms with Gasteiger partial charge in [-0.25, -0.2) is 4.98 Å². The maximum atomic E-state index is 11.8. The number of aromatic nitrogens is 1. The number of pyridine rings is 1. The molecule has 4 rings (SSSR count). The first kappa shape index (κ1) is 16.8. The molecule has 0 saturated carbocycles. The van der Waals surface area contributed by atoms with Crippen LogP contribution in [0.2, 0.25) is 0 Å². The van der Waals surface area contributed by atoms with Crippen LogP contribution in [-0.2, 0) is 16.0 Å². The lowest BCUT2D eigenvalue weighted by molar-refractivity contribution is -0.111. The van der Waals surface area contributed by atoms with E-state index >= 15 is 0 Å². The van der Waals surface area contributed by atoms with Gasteiger partial charge in [0.2, 0.25) is 5.91 Å². The predicted molar refractivity (Wildman–Crippen MR) is 102 cm³/mol. The van der Waals surface area contributed by atoms with Crippen molar-refractivity contribution in [3.8, 4) is 0 Å². The minimum Gasteiger partial charge on any atom is -0.488 e. The van der Waals surface area contributed by atoms with Crippen molar-refractivity contribution in [3.63, 3.8) is 0 Å². The van der Waals surface area contributed by atoms with E-state index < -0.39 is 0 Å². The summed E-state index contributed by atoms with van der Waals surface area (Å²) in [5, 5.41) is 2.85. The molecule has 1 aromatic heterocycles. The molecular formula is C19H25N5O2. The van der Waals surface area contributed by atoms with Crippen LogP contribution in [0.5, 0.6) is 0 Å². The van der Waals surface area contributed by atoms with Crippen molar-refractivity contribution in [2.75, 3.05) is 35.6 Å². The Balaban J connectivity index is 1.51. The average molecular weight is 355 g/mol. The van der Waals surface area contributed by atoms with Gasteiger partial charge in [0.1, 0.15) is 6.26 Å². The lowest BCUT2D eigenvalue weighted by atomic mass is 9.94. The molecule has 7 heteroatoms. The van der Waals surface area contributed by atoms with Crippen molar-refractivity contribution in [2.24, 2.45) is 0 Å². The zero-order valence-corrected chi connectivity index (χ0v) is 15.1. The molecule has 26 heavy (non-hydrogen) atoms. The molecule has 3 aliphatic heterocycles. The maximum Gasteiger partial charge on any atom is 0.247 e. The highest BCUT2D eigenvalue weighted by Crippen LogP contribution is 2.38. The number of carbonyl (C=O) groups is 1. The molecule has 0 spiro atoms. The van der Waals surface area contributed by atoms with Gasteiger partial charge in [0, 0.05) is 19.1 Å². The summed E-state index contributed by atoms with van der Waals surface area (Å²) < 4.78 is 5.36. The van der Waals surface area contributed by atoms with Crippen molar-refractivity contribution in [2.45, 2.75) is 38.3 Å². The Morgan fingerprint density at radius 1 is 1.50 bits per heavy atom. The lowest BCUT2D eigenvalue weighted by Crippen LogP contribution is -2.59. The second-order valence-corrected chi connectivity index (χ2v) is 6.98. The molecule has 4 heterocycles. The number of hydrogen-bond acceptors (Lipinski definition) is 6. The second kappa shape index (κ2) is 6.55. The van der Waals surface area contributed by atoms with Gasteiger partial charge >= 0.3 is 0 Å². The van der Waals surface area contributed by atoms with Crippen LogP contribution in [0.25, 0.3) is 0 Å². The number of nitrogen functional groups attached to an aromatic ring is 1. The number of rotatable bonds is 5. The number of piperidine rings is 1. The third kappa shape index (κ3) is 2.77. The summed E-state index contributed by atoms with van der Waals surface area (Å²) in [4.78, 5) is 21.3. The van der Waals surface area contributed by atoms with Gasteiger partial charge in [0.15, 0.2) is 11.9 Å². The van der Waals surface area contributed by atoms with Crippen LogP contribution in [0.1, 0.15) is 25.5 Å². The largest absolute Gasteiger partial charge is 0.488 e. The molecular weight excluding hydrogens is 330 g/mol. The topological polar surface area (TPSA) is 83.7 Å². The monoisotopic (exact) mass is 355 g/mol. The average Bonchev–Trinajstić information content (AvgIpc) is 2.64. The third-order valence-electron chi connectivity index (χ3n) is 5.47. The third-order valence-corrected chi connectivity index (χ3v) is 5.47. The van der Waals surface area contributed by atoms with Crippen LogP contribution < -0.4 is 16.0 Å². The van der Waals surface area contributed by atoms with Gasteiger partial charge in [-0.2, -0.15) is 0 Å². The van der Waals surface area contributed by atoms with Crippen LogP contribution in [0.4, 0.5) is 17.2 Å². The first-order valence-corrected chi connectivity index (χ1v) is 9.20. The summed E-state index contributed by atoms with van der Waals surface area (Å²) in [6.07, 6.45) is 6.36. The standard InChI is InChI=1S/C19H25N5O2/c1-3-14-13(20)9-15(21-18(25)4-2)19(22-14)23-7-5-12(6-8-23)24-10-17-16(24)11-26-17/h4,9,11-12,17H,2-3,5-8,10,20H2,1H3,(H,21,25)/t17-/m1/s1. The summed E-state index contributed by atoms with van der Waals surface area (Å²) in [6, 6.07) is 2.37. The van der Waals surface area contributed by atoms with Gasteiger partial charge in [-0.05, 0) is 31.4 Å². The Labute approximate surface area is 153 Å². The minimum absolute atomic E-state index is 0.255. The zero-order chi connectivity index (χ0) is 18.3. The van der Waals surface area contributed by atoms with E-state index in [2.05, 4.69) is 21.7 Å². The molecule has 1 aromatic rings. The minimum atomic E-state index is -0.255. The lowest BCUT2D eigenvalue weighted by Gasteiger charge is -2.53. The normalized spacial score (nSPS) is 21.7. The van der Waals surface area contributed by atoms with Crippen LogP contribution in [0, 0.1) is 0 Å². The smallest absolute Gasteiger partial charge is 0.247 e. The molecule has 2 saturated heterocycles. The quantitative estimate of drug-likeness (QED) is 0.785. The highest BCUT2D eigenvalue weighted by Gasteiger charge is 2.44. The van der Waals surface area contributed by atoms with Gasteiger partial charge in [-0.15, -0.1) is 0 Å². The molecule has 0 bridgehead atoms. The first-order chi connectivity index (χ1) is 12.6. The van der Waals surface area contributed by atoms with Crippen molar-refractivity contribution in [1.82, 2.24) is 9.88 Å². The second-order valence-electron chi connectivity index (χ2n) is 6.98. The summed E-state index contributed by atoms with van der Waals surface area (Å²) in [6.45, 7) is 8.36.